The first-order valence-electron chi connectivity index (χ1n) is 10.8. The molecule has 2 aromatic carbocycles. The Balaban J connectivity index is 1.74. The molecule has 1 aromatic heterocycles. The van der Waals surface area contributed by atoms with Gasteiger partial charge in [0.2, 0.25) is 0 Å². The van der Waals surface area contributed by atoms with Crippen LogP contribution in [0.25, 0.3) is 0 Å². The number of ketones is 1. The van der Waals surface area contributed by atoms with E-state index in [4.69, 9.17) is 17.3 Å². The fourth-order valence-corrected chi connectivity index (χ4v) is 5.10. The van der Waals surface area contributed by atoms with Gasteiger partial charge in [-0.25, -0.2) is 0 Å². The molecular weight excluding hydrogens is 432 g/mol. The Bertz CT molecular complexity index is 1320. The molecule has 0 radical (unpaired) electrons. The lowest BCUT2D eigenvalue weighted by atomic mass is 9.72. The highest BCUT2D eigenvalue weighted by Gasteiger charge is 2.43. The van der Waals surface area contributed by atoms with Crippen molar-refractivity contribution in [2.24, 2.45) is 5.73 Å². The third-order valence-electron chi connectivity index (χ3n) is 6.35. The molecule has 0 unspecified atom stereocenters. The zero-order chi connectivity index (χ0) is 22.9. The van der Waals surface area contributed by atoms with Crippen LogP contribution in [0.4, 0.5) is 5.69 Å². The Morgan fingerprint density at radius 1 is 1.00 bits per heavy atom. The maximum atomic E-state index is 13.7. The SMILES string of the molecule is N#CC1=C(N)N(c2ccccc2Cl)C2=C(C(=O)C[C@H](c3ccccc3)C2)[C@H]1c1cccnc1. The highest BCUT2D eigenvalue weighted by Crippen LogP contribution is 2.49. The van der Waals surface area contributed by atoms with Crippen LogP contribution in [0, 0.1) is 11.3 Å². The molecule has 2 aliphatic rings. The topological polar surface area (TPSA) is 83.0 Å². The first-order chi connectivity index (χ1) is 16.1. The number of rotatable bonds is 3. The number of Topliss-reactive ketones (excluding diaryl/α,β-unsaturated/α-hetero) is 1. The molecule has 0 saturated heterocycles. The van der Waals surface area contributed by atoms with Gasteiger partial charge < -0.3 is 5.73 Å². The lowest BCUT2D eigenvalue weighted by molar-refractivity contribution is -0.116. The first-order valence-corrected chi connectivity index (χ1v) is 11.1. The number of allylic oxidation sites excluding steroid dienone is 3. The van der Waals surface area contributed by atoms with E-state index in [1.54, 1.807) is 29.4 Å². The standard InChI is InChI=1S/C27H21ClN4O/c28-21-10-4-5-11-22(21)32-23-13-19(17-7-2-1-3-8-17)14-24(33)26(23)25(20(15-29)27(32)30)18-9-6-12-31-16-18/h1-12,16,19,25H,13-14,30H2/t19-,25+/m1/s1. The predicted octanol–water partition coefficient (Wildman–Crippen LogP) is 5.43. The normalized spacial score (nSPS) is 20.5. The van der Waals surface area contributed by atoms with Gasteiger partial charge in [-0.3, -0.25) is 14.7 Å². The molecule has 0 fully saturated rings. The average molecular weight is 453 g/mol. The molecule has 1 aliphatic heterocycles. The van der Waals surface area contributed by atoms with Gasteiger partial charge in [0.05, 0.1) is 28.3 Å². The van der Waals surface area contributed by atoms with Crippen molar-refractivity contribution >= 4 is 23.1 Å². The second kappa shape index (κ2) is 8.57. The monoisotopic (exact) mass is 452 g/mol. The smallest absolute Gasteiger partial charge is 0.162 e. The van der Waals surface area contributed by atoms with Crippen molar-refractivity contribution in [2.75, 3.05) is 4.90 Å². The summed E-state index contributed by atoms with van der Waals surface area (Å²) in [4.78, 5) is 19.7. The van der Waals surface area contributed by atoms with E-state index in [0.29, 0.717) is 40.5 Å². The van der Waals surface area contributed by atoms with Gasteiger partial charge in [0, 0.05) is 30.1 Å². The number of hydrogen-bond acceptors (Lipinski definition) is 5. The number of halogens is 1. The molecular formula is C27H21ClN4O. The molecule has 33 heavy (non-hydrogen) atoms. The Kier molecular flexibility index (Phi) is 5.45. The number of nitriles is 1. The van der Waals surface area contributed by atoms with Gasteiger partial charge in [-0.15, -0.1) is 0 Å². The Morgan fingerprint density at radius 2 is 1.73 bits per heavy atom. The van der Waals surface area contributed by atoms with Gasteiger partial charge in [0.25, 0.3) is 0 Å². The van der Waals surface area contributed by atoms with Gasteiger partial charge in [-0.2, -0.15) is 5.26 Å². The largest absolute Gasteiger partial charge is 0.384 e. The summed E-state index contributed by atoms with van der Waals surface area (Å²) in [6.07, 6.45) is 4.34. The molecule has 3 aromatic rings. The summed E-state index contributed by atoms with van der Waals surface area (Å²) < 4.78 is 0. The minimum atomic E-state index is -0.554. The number of nitrogens with two attached hydrogens (primary N) is 1. The maximum absolute atomic E-state index is 13.7. The average Bonchev–Trinajstić information content (AvgIpc) is 2.85. The highest BCUT2D eigenvalue weighted by molar-refractivity contribution is 6.33. The van der Waals surface area contributed by atoms with E-state index in [9.17, 15) is 10.1 Å². The van der Waals surface area contributed by atoms with E-state index in [0.717, 1.165) is 16.8 Å². The first kappa shape index (κ1) is 21.0. The van der Waals surface area contributed by atoms with Gasteiger partial charge >= 0.3 is 0 Å². The number of para-hydroxylation sites is 1. The molecule has 5 rings (SSSR count). The van der Waals surface area contributed by atoms with E-state index in [-0.39, 0.29) is 11.7 Å². The van der Waals surface area contributed by atoms with Gasteiger partial charge in [0.15, 0.2) is 5.78 Å². The summed E-state index contributed by atoms with van der Waals surface area (Å²) in [7, 11) is 0. The molecule has 0 saturated carbocycles. The molecule has 6 heteroatoms. The molecule has 0 spiro atoms. The van der Waals surface area contributed by atoms with Crippen molar-refractivity contribution in [2.45, 2.75) is 24.7 Å². The maximum Gasteiger partial charge on any atom is 0.162 e. The zero-order valence-corrected chi connectivity index (χ0v) is 18.5. The second-order valence-corrected chi connectivity index (χ2v) is 8.62. The van der Waals surface area contributed by atoms with Crippen molar-refractivity contribution in [1.29, 1.82) is 5.26 Å². The molecule has 0 bridgehead atoms. The fraction of sp³-hybridized carbons (Fsp3) is 0.148. The van der Waals surface area contributed by atoms with Crippen LogP contribution in [0.1, 0.15) is 35.8 Å². The highest BCUT2D eigenvalue weighted by atomic mass is 35.5. The summed E-state index contributed by atoms with van der Waals surface area (Å²) in [6.45, 7) is 0. The summed E-state index contributed by atoms with van der Waals surface area (Å²) in [6, 6.07) is 23.3. The lowest BCUT2D eigenvalue weighted by Crippen LogP contribution is -2.40. The minimum absolute atomic E-state index is 0.00780. The molecule has 162 valence electrons. The van der Waals surface area contributed by atoms with Crippen molar-refractivity contribution in [1.82, 2.24) is 4.98 Å². The van der Waals surface area contributed by atoms with E-state index in [1.165, 1.54) is 0 Å². The predicted molar refractivity (Wildman–Crippen MR) is 128 cm³/mol. The number of benzene rings is 2. The van der Waals surface area contributed by atoms with Crippen molar-refractivity contribution < 1.29 is 4.79 Å². The van der Waals surface area contributed by atoms with Gasteiger partial charge in [-0.1, -0.05) is 60.1 Å². The lowest BCUT2D eigenvalue weighted by Gasteiger charge is -2.41. The Hall–Kier alpha value is -3.88. The molecule has 5 nitrogen and oxygen atoms in total. The number of aromatic nitrogens is 1. The summed E-state index contributed by atoms with van der Waals surface area (Å²) in [5, 5.41) is 10.6. The molecule has 0 amide bonds. The number of carbonyl (C=O) groups excluding carboxylic acids is 1. The van der Waals surface area contributed by atoms with Crippen LogP contribution in [0.3, 0.4) is 0 Å². The van der Waals surface area contributed by atoms with Crippen LogP contribution in [-0.2, 0) is 4.79 Å². The van der Waals surface area contributed by atoms with Crippen LogP contribution >= 0.6 is 11.6 Å². The van der Waals surface area contributed by atoms with Crippen LogP contribution in [-0.4, -0.2) is 10.8 Å². The van der Waals surface area contributed by atoms with E-state index < -0.39 is 5.92 Å². The van der Waals surface area contributed by atoms with Crippen LogP contribution in [0.15, 0.2) is 102 Å². The van der Waals surface area contributed by atoms with Crippen LogP contribution < -0.4 is 10.6 Å². The fourth-order valence-electron chi connectivity index (χ4n) is 4.88. The second-order valence-electron chi connectivity index (χ2n) is 8.22. The zero-order valence-electron chi connectivity index (χ0n) is 17.8. The Labute approximate surface area is 197 Å². The van der Waals surface area contributed by atoms with E-state index in [2.05, 4.69) is 11.1 Å². The Morgan fingerprint density at radius 3 is 2.42 bits per heavy atom. The quantitative estimate of drug-likeness (QED) is 0.572. The van der Waals surface area contributed by atoms with E-state index in [1.807, 2.05) is 54.6 Å². The van der Waals surface area contributed by atoms with Gasteiger partial charge in [-0.05, 0) is 41.7 Å². The van der Waals surface area contributed by atoms with Crippen LogP contribution in [0.2, 0.25) is 5.02 Å². The molecule has 2 N–H and O–H groups in total. The summed E-state index contributed by atoms with van der Waals surface area (Å²) in [5.74, 6) is -0.244. The van der Waals surface area contributed by atoms with Crippen LogP contribution in [0.5, 0.6) is 0 Å². The molecule has 2 heterocycles. The molecule has 1 aliphatic carbocycles. The van der Waals surface area contributed by atoms with Crippen molar-refractivity contribution in [3.63, 3.8) is 0 Å². The number of carbonyl (C=O) groups is 1. The van der Waals surface area contributed by atoms with Crippen molar-refractivity contribution in [3.05, 3.63) is 118 Å². The van der Waals surface area contributed by atoms with Crippen molar-refractivity contribution in [3.8, 4) is 6.07 Å². The summed E-state index contributed by atoms with van der Waals surface area (Å²) >= 11 is 6.57. The summed E-state index contributed by atoms with van der Waals surface area (Å²) in [5.41, 5.74) is 10.9. The number of hydrogen-bond donors (Lipinski definition) is 1. The minimum Gasteiger partial charge on any atom is -0.384 e. The van der Waals surface area contributed by atoms with E-state index >= 15 is 0 Å². The van der Waals surface area contributed by atoms with Gasteiger partial charge in [0.1, 0.15) is 5.82 Å². The number of anilines is 1. The molecule has 2 atom stereocenters. The third-order valence-corrected chi connectivity index (χ3v) is 6.67. The number of nitrogens with zero attached hydrogens (tertiary/aromatic N) is 3. The third kappa shape index (κ3) is 3.59. The number of pyridine rings is 1.